The highest BCUT2D eigenvalue weighted by molar-refractivity contribution is 7.70. The Kier molecular flexibility index (Phi) is 4.76. The molecule has 1 rings (SSSR count). The van der Waals surface area contributed by atoms with Gasteiger partial charge in [-0.15, -0.1) is 0 Å². The maximum Gasteiger partial charge on any atom is 0.109 e. The second-order valence-electron chi connectivity index (χ2n) is 4.12. The van der Waals surface area contributed by atoms with Crippen molar-refractivity contribution < 1.29 is 9.30 Å². The Bertz CT molecular complexity index is 477. The van der Waals surface area contributed by atoms with Crippen LogP contribution in [0.15, 0.2) is 29.4 Å². The lowest BCUT2D eigenvalue weighted by molar-refractivity contribution is 0.181. The zero-order valence-corrected chi connectivity index (χ0v) is 11.1. The molecule has 92 valence electrons. The topological polar surface area (TPSA) is 75.1 Å². The second-order valence-corrected chi connectivity index (χ2v) is 7.34. The lowest BCUT2D eigenvalue weighted by atomic mass is 10.1. The van der Waals surface area contributed by atoms with E-state index < -0.39 is 7.14 Å². The van der Waals surface area contributed by atoms with Crippen molar-refractivity contribution in [2.75, 3.05) is 27.0 Å². The van der Waals surface area contributed by atoms with Crippen molar-refractivity contribution in [3.05, 3.63) is 40.3 Å². The SMILES string of the molecule is COCC(N=[N+]=[N-])c1cccc(P(C)(C)=O)c1. The van der Waals surface area contributed by atoms with Gasteiger partial charge in [-0.1, -0.05) is 23.3 Å². The van der Waals surface area contributed by atoms with Crippen LogP contribution in [0.1, 0.15) is 11.6 Å². The fraction of sp³-hybridized carbons (Fsp3) is 0.455. The highest BCUT2D eigenvalue weighted by atomic mass is 31.2. The molecular formula is C11H16N3O2P. The van der Waals surface area contributed by atoms with Crippen LogP contribution in [0.5, 0.6) is 0 Å². The normalized spacial score (nSPS) is 12.9. The first kappa shape index (κ1) is 13.8. The first-order valence-corrected chi connectivity index (χ1v) is 7.78. The predicted molar refractivity (Wildman–Crippen MR) is 69.3 cm³/mol. The van der Waals surface area contributed by atoms with Gasteiger partial charge in [0.2, 0.25) is 0 Å². The molecule has 6 heteroatoms. The molecular weight excluding hydrogens is 237 g/mol. The largest absolute Gasteiger partial charge is 0.384 e. The minimum Gasteiger partial charge on any atom is -0.384 e. The van der Waals surface area contributed by atoms with E-state index in [-0.39, 0.29) is 6.04 Å². The summed E-state index contributed by atoms with van der Waals surface area (Å²) in [6.07, 6.45) is 0. The van der Waals surface area contributed by atoms with Crippen LogP contribution in [0.4, 0.5) is 0 Å². The number of nitrogens with zero attached hydrogens (tertiary/aromatic N) is 3. The molecule has 0 saturated heterocycles. The minimum atomic E-state index is -2.30. The Morgan fingerprint density at radius 1 is 1.53 bits per heavy atom. The van der Waals surface area contributed by atoms with Crippen LogP contribution >= 0.6 is 7.14 Å². The van der Waals surface area contributed by atoms with Gasteiger partial charge in [0.15, 0.2) is 0 Å². The lowest BCUT2D eigenvalue weighted by Crippen LogP contribution is -2.08. The van der Waals surface area contributed by atoms with Gasteiger partial charge < -0.3 is 9.30 Å². The van der Waals surface area contributed by atoms with Crippen molar-refractivity contribution in [3.8, 4) is 0 Å². The van der Waals surface area contributed by atoms with E-state index in [0.717, 1.165) is 10.9 Å². The van der Waals surface area contributed by atoms with Gasteiger partial charge in [-0.05, 0) is 30.5 Å². The van der Waals surface area contributed by atoms with Crippen molar-refractivity contribution in [2.45, 2.75) is 6.04 Å². The first-order chi connectivity index (χ1) is 7.99. The molecule has 0 aliphatic rings. The molecule has 0 spiro atoms. The number of rotatable bonds is 5. The van der Waals surface area contributed by atoms with Crippen LogP contribution < -0.4 is 5.30 Å². The number of hydrogen-bond acceptors (Lipinski definition) is 3. The van der Waals surface area contributed by atoms with E-state index in [9.17, 15) is 4.57 Å². The van der Waals surface area contributed by atoms with Gasteiger partial charge in [-0.3, -0.25) is 0 Å². The van der Waals surface area contributed by atoms with Crippen LogP contribution in [0, 0.1) is 0 Å². The van der Waals surface area contributed by atoms with Gasteiger partial charge >= 0.3 is 0 Å². The average molecular weight is 253 g/mol. The molecule has 0 aromatic heterocycles. The summed E-state index contributed by atoms with van der Waals surface area (Å²) in [5.41, 5.74) is 9.33. The van der Waals surface area contributed by atoms with E-state index in [1.807, 2.05) is 24.3 Å². The number of methoxy groups -OCH3 is 1. The molecule has 1 aromatic carbocycles. The first-order valence-electron chi connectivity index (χ1n) is 5.17. The van der Waals surface area contributed by atoms with Gasteiger partial charge in [0, 0.05) is 17.3 Å². The van der Waals surface area contributed by atoms with Crippen molar-refractivity contribution >= 4 is 12.4 Å². The summed E-state index contributed by atoms with van der Waals surface area (Å²) in [5, 5.41) is 4.45. The molecule has 0 N–H and O–H groups in total. The van der Waals surface area contributed by atoms with Crippen LogP contribution in [0.3, 0.4) is 0 Å². The van der Waals surface area contributed by atoms with Gasteiger partial charge in [-0.25, -0.2) is 0 Å². The minimum absolute atomic E-state index is 0.311. The molecule has 1 atom stereocenters. The van der Waals surface area contributed by atoms with Gasteiger partial charge in [0.25, 0.3) is 0 Å². The Morgan fingerprint density at radius 2 is 2.24 bits per heavy atom. The average Bonchev–Trinajstić information content (AvgIpc) is 2.28. The highest BCUT2D eigenvalue weighted by Crippen LogP contribution is 2.35. The van der Waals surface area contributed by atoms with Crippen LogP contribution in [-0.2, 0) is 9.30 Å². The fourth-order valence-corrected chi connectivity index (χ4v) is 2.39. The third-order valence-corrected chi connectivity index (χ3v) is 3.91. The number of benzene rings is 1. The van der Waals surface area contributed by atoms with Crippen LogP contribution in [-0.4, -0.2) is 27.0 Å². The zero-order chi connectivity index (χ0) is 12.9. The molecule has 5 nitrogen and oxygen atoms in total. The molecule has 0 bridgehead atoms. The van der Waals surface area contributed by atoms with Crippen molar-refractivity contribution in [1.82, 2.24) is 0 Å². The summed E-state index contributed by atoms with van der Waals surface area (Å²) < 4.78 is 17.0. The summed E-state index contributed by atoms with van der Waals surface area (Å²) >= 11 is 0. The standard InChI is InChI=1S/C11H16N3O2P/c1-16-8-11(13-14-12)9-5-4-6-10(7-9)17(2,3)15/h4-7,11H,8H2,1-3H3. The molecule has 0 aliphatic carbocycles. The van der Waals surface area contributed by atoms with E-state index in [2.05, 4.69) is 10.0 Å². The molecule has 0 fully saturated rings. The van der Waals surface area contributed by atoms with Crippen LogP contribution in [0.2, 0.25) is 0 Å². The smallest absolute Gasteiger partial charge is 0.109 e. The van der Waals surface area contributed by atoms with E-state index in [4.69, 9.17) is 10.3 Å². The Morgan fingerprint density at radius 3 is 2.76 bits per heavy atom. The van der Waals surface area contributed by atoms with E-state index >= 15 is 0 Å². The quantitative estimate of drug-likeness (QED) is 0.350. The maximum absolute atomic E-state index is 12.0. The molecule has 0 heterocycles. The van der Waals surface area contributed by atoms with Crippen molar-refractivity contribution in [3.63, 3.8) is 0 Å². The molecule has 0 radical (unpaired) electrons. The van der Waals surface area contributed by atoms with Crippen molar-refractivity contribution in [2.24, 2.45) is 5.11 Å². The molecule has 17 heavy (non-hydrogen) atoms. The number of hydrogen-bond donors (Lipinski definition) is 0. The third kappa shape index (κ3) is 3.90. The molecule has 0 aliphatic heterocycles. The van der Waals surface area contributed by atoms with Crippen molar-refractivity contribution in [1.29, 1.82) is 0 Å². The Balaban J connectivity index is 3.12. The fourth-order valence-electron chi connectivity index (χ4n) is 1.48. The maximum atomic E-state index is 12.0. The monoisotopic (exact) mass is 253 g/mol. The van der Waals surface area contributed by atoms with E-state index in [0.29, 0.717) is 6.61 Å². The predicted octanol–water partition coefficient (Wildman–Crippen LogP) is 2.93. The lowest BCUT2D eigenvalue weighted by Gasteiger charge is -2.13. The molecule has 0 amide bonds. The molecule has 1 aromatic rings. The summed E-state index contributed by atoms with van der Waals surface area (Å²) in [7, 11) is -0.748. The van der Waals surface area contributed by atoms with Gasteiger partial charge in [0.05, 0.1) is 12.6 Å². The molecule has 0 saturated carbocycles. The summed E-state index contributed by atoms with van der Waals surface area (Å²) in [6.45, 7) is 3.74. The van der Waals surface area contributed by atoms with Gasteiger partial charge in [-0.2, -0.15) is 0 Å². The third-order valence-electron chi connectivity index (χ3n) is 2.39. The van der Waals surface area contributed by atoms with E-state index in [1.165, 1.54) is 0 Å². The summed E-state index contributed by atoms with van der Waals surface area (Å²) in [4.78, 5) is 2.80. The number of azide groups is 1. The zero-order valence-electron chi connectivity index (χ0n) is 10.2. The second kappa shape index (κ2) is 5.87. The Labute approximate surface area is 101 Å². The molecule has 1 unspecified atom stereocenters. The number of ether oxygens (including phenoxy) is 1. The Hall–Kier alpha value is -1.28. The van der Waals surface area contributed by atoms with Crippen LogP contribution in [0.25, 0.3) is 10.4 Å². The van der Waals surface area contributed by atoms with E-state index in [1.54, 1.807) is 20.4 Å². The summed E-state index contributed by atoms with van der Waals surface area (Å²) in [5.74, 6) is 0. The highest BCUT2D eigenvalue weighted by Gasteiger charge is 2.14. The summed E-state index contributed by atoms with van der Waals surface area (Å²) in [6, 6.07) is 6.93. The van der Waals surface area contributed by atoms with Gasteiger partial charge in [0.1, 0.15) is 7.14 Å².